The van der Waals surface area contributed by atoms with Gasteiger partial charge in [-0.25, -0.2) is 4.39 Å². The quantitative estimate of drug-likeness (QED) is 0.845. The Labute approximate surface area is 105 Å². The average Bonchev–Trinajstić information content (AvgIpc) is 2.38. The number of halogens is 1. The summed E-state index contributed by atoms with van der Waals surface area (Å²) in [6.07, 6.45) is 0. The topological polar surface area (TPSA) is 44.5 Å². The van der Waals surface area contributed by atoms with Crippen LogP contribution in [0.2, 0.25) is 0 Å². The van der Waals surface area contributed by atoms with Crippen molar-refractivity contribution in [2.75, 3.05) is 12.8 Å². The molecule has 0 bridgehead atoms. The molecule has 0 saturated carbocycles. The van der Waals surface area contributed by atoms with Gasteiger partial charge in [0.1, 0.15) is 23.9 Å². The zero-order chi connectivity index (χ0) is 13.0. The van der Waals surface area contributed by atoms with E-state index in [-0.39, 0.29) is 12.4 Å². The Kier molecular flexibility index (Phi) is 3.67. The summed E-state index contributed by atoms with van der Waals surface area (Å²) in [4.78, 5) is 0. The second-order valence-electron chi connectivity index (χ2n) is 3.82. The summed E-state index contributed by atoms with van der Waals surface area (Å²) in [6.45, 7) is 0.259. The highest BCUT2D eigenvalue weighted by Gasteiger charge is 2.03. The van der Waals surface area contributed by atoms with Crippen LogP contribution in [0.5, 0.6) is 11.5 Å². The first-order valence-corrected chi connectivity index (χ1v) is 5.50. The predicted molar refractivity (Wildman–Crippen MR) is 68.1 cm³/mol. The summed E-state index contributed by atoms with van der Waals surface area (Å²) in [5.74, 6) is 0.909. The van der Waals surface area contributed by atoms with Crippen LogP contribution < -0.4 is 15.2 Å². The van der Waals surface area contributed by atoms with Gasteiger partial charge in [0.05, 0.1) is 12.8 Å². The van der Waals surface area contributed by atoms with E-state index in [0.717, 1.165) is 5.56 Å². The number of nitrogen functional groups attached to an aromatic ring is 1. The van der Waals surface area contributed by atoms with E-state index < -0.39 is 0 Å². The Bertz CT molecular complexity index is 543. The normalized spacial score (nSPS) is 10.1. The van der Waals surface area contributed by atoms with Crippen molar-refractivity contribution in [1.82, 2.24) is 0 Å². The fourth-order valence-electron chi connectivity index (χ4n) is 1.55. The highest BCUT2D eigenvalue weighted by Crippen LogP contribution is 2.27. The molecule has 0 aromatic heterocycles. The number of nitrogens with two attached hydrogens (primary N) is 1. The second-order valence-corrected chi connectivity index (χ2v) is 3.82. The minimum absolute atomic E-state index is 0.259. The van der Waals surface area contributed by atoms with Crippen LogP contribution in [-0.4, -0.2) is 7.11 Å². The van der Waals surface area contributed by atoms with Crippen LogP contribution in [0, 0.1) is 5.82 Å². The number of methoxy groups -OCH3 is 1. The van der Waals surface area contributed by atoms with Gasteiger partial charge in [-0.05, 0) is 29.8 Å². The van der Waals surface area contributed by atoms with E-state index in [1.807, 2.05) is 0 Å². The molecule has 0 heterocycles. The van der Waals surface area contributed by atoms with Gasteiger partial charge in [0.25, 0.3) is 0 Å². The van der Waals surface area contributed by atoms with Gasteiger partial charge < -0.3 is 15.2 Å². The molecule has 0 amide bonds. The van der Waals surface area contributed by atoms with Crippen LogP contribution in [0.1, 0.15) is 5.56 Å². The van der Waals surface area contributed by atoms with Crippen molar-refractivity contribution in [3.05, 3.63) is 53.8 Å². The predicted octanol–water partition coefficient (Wildman–Crippen LogP) is 3.00. The summed E-state index contributed by atoms with van der Waals surface area (Å²) in [7, 11) is 1.57. The Morgan fingerprint density at radius 2 is 2.00 bits per heavy atom. The molecule has 94 valence electrons. The summed E-state index contributed by atoms with van der Waals surface area (Å²) in [6, 6.07) is 11.4. The molecule has 0 aliphatic rings. The number of hydrogen-bond acceptors (Lipinski definition) is 3. The van der Waals surface area contributed by atoms with Crippen LogP contribution in [0.15, 0.2) is 42.5 Å². The van der Waals surface area contributed by atoms with E-state index in [9.17, 15) is 4.39 Å². The summed E-state index contributed by atoms with van der Waals surface area (Å²) in [5.41, 5.74) is 7.05. The van der Waals surface area contributed by atoms with E-state index in [4.69, 9.17) is 15.2 Å². The number of hydrogen-bond donors (Lipinski definition) is 1. The molecule has 0 aliphatic heterocycles. The fraction of sp³-hybridized carbons (Fsp3) is 0.143. The van der Waals surface area contributed by atoms with E-state index in [2.05, 4.69) is 0 Å². The van der Waals surface area contributed by atoms with Crippen molar-refractivity contribution >= 4 is 5.69 Å². The summed E-state index contributed by atoms with van der Waals surface area (Å²) >= 11 is 0. The monoisotopic (exact) mass is 247 g/mol. The van der Waals surface area contributed by atoms with Gasteiger partial charge in [-0.3, -0.25) is 0 Å². The SMILES string of the molecule is COc1ccc(N)c(OCc2cccc(F)c2)c1. The molecule has 0 aliphatic carbocycles. The number of ether oxygens (including phenoxy) is 2. The van der Waals surface area contributed by atoms with Crippen molar-refractivity contribution in [2.24, 2.45) is 0 Å². The molecule has 0 radical (unpaired) electrons. The van der Waals surface area contributed by atoms with E-state index in [0.29, 0.717) is 17.2 Å². The molecule has 0 atom stereocenters. The number of anilines is 1. The van der Waals surface area contributed by atoms with Crippen molar-refractivity contribution in [3.63, 3.8) is 0 Å². The molecule has 2 N–H and O–H groups in total. The fourth-order valence-corrected chi connectivity index (χ4v) is 1.55. The van der Waals surface area contributed by atoms with Crippen molar-refractivity contribution < 1.29 is 13.9 Å². The van der Waals surface area contributed by atoms with Crippen molar-refractivity contribution in [2.45, 2.75) is 6.61 Å². The smallest absolute Gasteiger partial charge is 0.146 e. The Morgan fingerprint density at radius 3 is 2.72 bits per heavy atom. The van der Waals surface area contributed by atoms with Crippen molar-refractivity contribution in [3.8, 4) is 11.5 Å². The Hall–Kier alpha value is -2.23. The van der Waals surface area contributed by atoms with Crippen LogP contribution in [-0.2, 0) is 6.61 Å². The lowest BCUT2D eigenvalue weighted by Gasteiger charge is -2.10. The highest BCUT2D eigenvalue weighted by atomic mass is 19.1. The van der Waals surface area contributed by atoms with Gasteiger partial charge in [-0.15, -0.1) is 0 Å². The van der Waals surface area contributed by atoms with Crippen LogP contribution in [0.4, 0.5) is 10.1 Å². The largest absolute Gasteiger partial charge is 0.497 e. The molecule has 2 aromatic rings. The second kappa shape index (κ2) is 5.40. The molecule has 0 saturated heterocycles. The number of benzene rings is 2. The third kappa shape index (κ3) is 2.91. The lowest BCUT2D eigenvalue weighted by atomic mass is 10.2. The van der Waals surface area contributed by atoms with Gasteiger partial charge in [0.15, 0.2) is 0 Å². The zero-order valence-electron chi connectivity index (χ0n) is 10.0. The van der Waals surface area contributed by atoms with Crippen molar-refractivity contribution in [1.29, 1.82) is 0 Å². The third-order valence-electron chi connectivity index (χ3n) is 2.50. The minimum atomic E-state index is -0.283. The molecule has 4 heteroatoms. The third-order valence-corrected chi connectivity index (χ3v) is 2.50. The van der Waals surface area contributed by atoms with Gasteiger partial charge in [-0.1, -0.05) is 12.1 Å². The average molecular weight is 247 g/mol. The molecule has 0 fully saturated rings. The maximum Gasteiger partial charge on any atom is 0.146 e. The first-order valence-electron chi connectivity index (χ1n) is 5.50. The van der Waals surface area contributed by atoms with E-state index >= 15 is 0 Å². The van der Waals surface area contributed by atoms with E-state index in [1.54, 1.807) is 37.4 Å². The minimum Gasteiger partial charge on any atom is -0.497 e. The Balaban J connectivity index is 2.10. The van der Waals surface area contributed by atoms with Crippen LogP contribution >= 0.6 is 0 Å². The molecular weight excluding hydrogens is 233 g/mol. The summed E-state index contributed by atoms with van der Waals surface area (Å²) in [5, 5.41) is 0. The molecule has 18 heavy (non-hydrogen) atoms. The lowest BCUT2D eigenvalue weighted by Crippen LogP contribution is -1.99. The maximum atomic E-state index is 13.0. The van der Waals surface area contributed by atoms with Crippen LogP contribution in [0.25, 0.3) is 0 Å². The highest BCUT2D eigenvalue weighted by molar-refractivity contribution is 5.55. The van der Waals surface area contributed by atoms with Gasteiger partial charge in [-0.2, -0.15) is 0 Å². The molecular formula is C14H14FNO2. The molecule has 2 rings (SSSR count). The first-order chi connectivity index (χ1) is 8.69. The zero-order valence-corrected chi connectivity index (χ0v) is 10.0. The van der Waals surface area contributed by atoms with Crippen LogP contribution in [0.3, 0.4) is 0 Å². The molecule has 0 unspecified atom stereocenters. The Morgan fingerprint density at radius 1 is 1.17 bits per heavy atom. The lowest BCUT2D eigenvalue weighted by molar-refractivity contribution is 0.305. The first kappa shape index (κ1) is 12.2. The number of rotatable bonds is 4. The summed E-state index contributed by atoms with van der Waals surface area (Å²) < 4.78 is 23.6. The maximum absolute atomic E-state index is 13.0. The van der Waals surface area contributed by atoms with E-state index in [1.165, 1.54) is 12.1 Å². The molecule has 0 spiro atoms. The standard InChI is InChI=1S/C14H14FNO2/c1-17-12-5-6-13(16)14(8-12)18-9-10-3-2-4-11(15)7-10/h2-8H,9,16H2,1H3. The molecule has 2 aromatic carbocycles. The molecule has 3 nitrogen and oxygen atoms in total. The van der Waals surface area contributed by atoms with Gasteiger partial charge in [0.2, 0.25) is 0 Å². The van der Waals surface area contributed by atoms with Gasteiger partial charge >= 0.3 is 0 Å². The van der Waals surface area contributed by atoms with Gasteiger partial charge in [0, 0.05) is 6.07 Å².